The number of ether oxygens (including phenoxy) is 1. The SMILES string of the molecule is C[C@H]1C[C@@]2(CCN1C(=O)OC(C)(C)C)N=C(c1ccc(C(F)(F)F)nc1C1(C)CCC1)NC2=O. The fourth-order valence-corrected chi connectivity index (χ4v) is 4.98. The Morgan fingerprint density at radius 2 is 1.88 bits per heavy atom. The lowest BCUT2D eigenvalue weighted by Gasteiger charge is -2.40. The predicted octanol–water partition coefficient (Wildman–Crippen LogP) is 4.58. The zero-order chi connectivity index (χ0) is 25.1. The van der Waals surface area contributed by atoms with Crippen molar-refractivity contribution >= 4 is 17.8 Å². The predicted molar refractivity (Wildman–Crippen MR) is 119 cm³/mol. The van der Waals surface area contributed by atoms with Gasteiger partial charge in [-0.3, -0.25) is 9.79 Å². The van der Waals surface area contributed by atoms with Crippen LogP contribution < -0.4 is 5.32 Å². The topological polar surface area (TPSA) is 83.9 Å². The van der Waals surface area contributed by atoms with Gasteiger partial charge in [0.15, 0.2) is 0 Å². The van der Waals surface area contributed by atoms with E-state index in [-0.39, 0.29) is 24.3 Å². The number of carbonyl (C=O) groups is 2. The molecule has 1 saturated heterocycles. The molecular formula is C24H31F3N4O3. The number of nitrogens with one attached hydrogen (secondary N) is 1. The fraction of sp³-hybridized carbons (Fsp3) is 0.667. The second-order valence-corrected chi connectivity index (χ2v) is 10.9. The molecule has 2 amide bonds. The van der Waals surface area contributed by atoms with Crippen LogP contribution in [0.4, 0.5) is 18.0 Å². The molecule has 1 spiro atoms. The van der Waals surface area contributed by atoms with Crippen LogP contribution >= 0.6 is 0 Å². The van der Waals surface area contributed by atoms with E-state index < -0.39 is 34.5 Å². The molecule has 0 radical (unpaired) electrons. The Morgan fingerprint density at radius 3 is 2.41 bits per heavy atom. The van der Waals surface area contributed by atoms with Crippen molar-refractivity contribution < 1.29 is 27.5 Å². The van der Waals surface area contributed by atoms with Crippen LogP contribution in [0.1, 0.15) is 83.7 Å². The minimum Gasteiger partial charge on any atom is -0.444 e. The molecule has 0 aromatic carbocycles. The number of nitrogens with zero attached hydrogens (tertiary/aromatic N) is 3. The largest absolute Gasteiger partial charge is 0.444 e. The van der Waals surface area contributed by atoms with E-state index >= 15 is 0 Å². The highest BCUT2D eigenvalue weighted by molar-refractivity contribution is 6.16. The fourth-order valence-electron chi connectivity index (χ4n) is 4.98. The summed E-state index contributed by atoms with van der Waals surface area (Å²) in [6, 6.07) is 2.01. The number of piperidine rings is 1. The number of carbonyl (C=O) groups excluding carboxylic acids is 2. The molecule has 3 aliphatic rings. The Morgan fingerprint density at radius 1 is 1.21 bits per heavy atom. The lowest BCUT2D eigenvalue weighted by Crippen LogP contribution is -2.55. The van der Waals surface area contributed by atoms with Crippen molar-refractivity contribution in [3.63, 3.8) is 0 Å². The van der Waals surface area contributed by atoms with Gasteiger partial charge in [0.25, 0.3) is 5.91 Å². The van der Waals surface area contributed by atoms with Crippen LogP contribution in [0.3, 0.4) is 0 Å². The highest BCUT2D eigenvalue weighted by Gasteiger charge is 2.50. The molecule has 2 atom stereocenters. The zero-order valence-corrected chi connectivity index (χ0v) is 20.2. The molecular weight excluding hydrogens is 449 g/mol. The first-order chi connectivity index (χ1) is 15.6. The molecule has 7 nitrogen and oxygen atoms in total. The van der Waals surface area contributed by atoms with Crippen molar-refractivity contribution in [3.8, 4) is 0 Å². The van der Waals surface area contributed by atoms with E-state index in [2.05, 4.69) is 10.3 Å². The van der Waals surface area contributed by atoms with Gasteiger partial charge < -0.3 is 15.0 Å². The number of aliphatic imine (C=N–C) groups is 1. The van der Waals surface area contributed by atoms with Gasteiger partial charge in [-0.25, -0.2) is 9.78 Å². The lowest BCUT2D eigenvalue weighted by atomic mass is 9.67. The molecule has 2 fully saturated rings. The summed E-state index contributed by atoms with van der Waals surface area (Å²) in [4.78, 5) is 36.0. The van der Waals surface area contributed by atoms with Gasteiger partial charge in [-0.15, -0.1) is 0 Å². The summed E-state index contributed by atoms with van der Waals surface area (Å²) in [6.45, 7) is 9.40. The number of halogens is 3. The van der Waals surface area contributed by atoms with E-state index in [1.54, 1.807) is 25.7 Å². The number of alkyl halides is 3. The van der Waals surface area contributed by atoms with Gasteiger partial charge in [0.05, 0.1) is 5.69 Å². The number of hydrogen-bond acceptors (Lipinski definition) is 5. The molecule has 1 saturated carbocycles. The third kappa shape index (κ3) is 4.38. The molecule has 1 aliphatic carbocycles. The molecule has 1 aromatic rings. The molecule has 1 N–H and O–H groups in total. The Labute approximate surface area is 197 Å². The van der Waals surface area contributed by atoms with Gasteiger partial charge in [0.1, 0.15) is 22.7 Å². The Kier molecular flexibility index (Phi) is 5.72. The summed E-state index contributed by atoms with van der Waals surface area (Å²) in [7, 11) is 0. The Bertz CT molecular complexity index is 1040. The summed E-state index contributed by atoms with van der Waals surface area (Å²) >= 11 is 0. The van der Waals surface area contributed by atoms with Crippen LogP contribution in [-0.2, 0) is 21.1 Å². The number of pyridine rings is 1. The zero-order valence-electron chi connectivity index (χ0n) is 20.2. The van der Waals surface area contributed by atoms with E-state index in [9.17, 15) is 22.8 Å². The van der Waals surface area contributed by atoms with Gasteiger partial charge >= 0.3 is 12.3 Å². The maximum absolute atomic E-state index is 13.4. The van der Waals surface area contributed by atoms with Crippen molar-refractivity contribution in [2.24, 2.45) is 4.99 Å². The van der Waals surface area contributed by atoms with Crippen molar-refractivity contribution in [2.45, 2.75) is 95.5 Å². The first kappa shape index (κ1) is 24.5. The second kappa shape index (κ2) is 7.95. The van der Waals surface area contributed by atoms with Crippen LogP contribution in [0.25, 0.3) is 0 Å². The summed E-state index contributed by atoms with van der Waals surface area (Å²) in [6.07, 6.45) is -2.04. The van der Waals surface area contributed by atoms with E-state index in [1.165, 1.54) is 6.07 Å². The standard InChI is InChI=1S/C24H31F3N4O3/c1-14-13-23(11-12-31(14)20(33)34-21(2,3)4)19(32)29-18(30-23)15-7-8-16(24(25,26)27)28-17(15)22(5)9-6-10-22/h7-8,14H,6,9-13H2,1-5H3,(H,29,30,32)/t14-,23+/m0/s1. The summed E-state index contributed by atoms with van der Waals surface area (Å²) in [5.74, 6) is -0.0462. The van der Waals surface area contributed by atoms with E-state index in [4.69, 9.17) is 9.73 Å². The van der Waals surface area contributed by atoms with Crippen molar-refractivity contribution in [1.82, 2.24) is 15.2 Å². The molecule has 186 valence electrons. The highest BCUT2D eigenvalue weighted by Crippen LogP contribution is 2.45. The van der Waals surface area contributed by atoms with Crippen LogP contribution in [0.2, 0.25) is 0 Å². The number of rotatable bonds is 2. The van der Waals surface area contributed by atoms with Crippen LogP contribution in [0, 0.1) is 0 Å². The number of aromatic nitrogens is 1. The molecule has 4 rings (SSSR count). The lowest BCUT2D eigenvalue weighted by molar-refractivity contribution is -0.141. The Balaban J connectivity index is 1.64. The van der Waals surface area contributed by atoms with Gasteiger partial charge in [-0.05, 0) is 59.1 Å². The van der Waals surface area contributed by atoms with E-state index in [1.807, 2.05) is 13.8 Å². The van der Waals surface area contributed by atoms with Crippen molar-refractivity contribution in [1.29, 1.82) is 0 Å². The average Bonchev–Trinajstić information content (AvgIpc) is 2.99. The monoisotopic (exact) mass is 480 g/mol. The summed E-state index contributed by atoms with van der Waals surface area (Å²) in [5, 5.41) is 2.81. The van der Waals surface area contributed by atoms with Gasteiger partial charge in [-0.2, -0.15) is 13.2 Å². The van der Waals surface area contributed by atoms with Crippen LogP contribution in [0.15, 0.2) is 17.1 Å². The molecule has 0 bridgehead atoms. The van der Waals surface area contributed by atoms with Gasteiger partial charge in [0, 0.05) is 30.0 Å². The molecule has 3 heterocycles. The van der Waals surface area contributed by atoms with E-state index in [0.717, 1.165) is 25.3 Å². The number of hydrogen-bond donors (Lipinski definition) is 1. The maximum atomic E-state index is 13.4. The Hall–Kier alpha value is -2.65. The number of amidine groups is 1. The molecule has 1 aromatic heterocycles. The molecule has 2 aliphatic heterocycles. The van der Waals surface area contributed by atoms with Gasteiger partial charge in [-0.1, -0.05) is 13.3 Å². The van der Waals surface area contributed by atoms with Gasteiger partial charge in [0.2, 0.25) is 0 Å². The minimum atomic E-state index is -4.56. The van der Waals surface area contributed by atoms with Crippen LogP contribution in [-0.4, -0.2) is 51.4 Å². The maximum Gasteiger partial charge on any atom is 0.433 e. The van der Waals surface area contributed by atoms with Crippen LogP contribution in [0.5, 0.6) is 0 Å². The second-order valence-electron chi connectivity index (χ2n) is 10.9. The minimum absolute atomic E-state index is 0.257. The summed E-state index contributed by atoms with van der Waals surface area (Å²) < 4.78 is 45.6. The summed E-state index contributed by atoms with van der Waals surface area (Å²) in [5.41, 5.74) is -2.39. The first-order valence-electron chi connectivity index (χ1n) is 11.6. The normalized spacial score (nSPS) is 26.7. The third-order valence-corrected chi connectivity index (χ3v) is 7.01. The number of amides is 2. The molecule has 34 heavy (non-hydrogen) atoms. The smallest absolute Gasteiger partial charge is 0.433 e. The first-order valence-corrected chi connectivity index (χ1v) is 11.6. The van der Waals surface area contributed by atoms with Crippen molar-refractivity contribution in [3.05, 3.63) is 29.1 Å². The quantitative estimate of drug-likeness (QED) is 0.672. The van der Waals surface area contributed by atoms with E-state index in [0.29, 0.717) is 24.1 Å². The van der Waals surface area contributed by atoms with Crippen molar-refractivity contribution in [2.75, 3.05) is 6.54 Å². The third-order valence-electron chi connectivity index (χ3n) is 7.01. The highest BCUT2D eigenvalue weighted by atomic mass is 19.4. The number of likely N-dealkylation sites (tertiary alicyclic amines) is 1. The molecule has 0 unspecified atom stereocenters. The molecule has 10 heteroatoms. The average molecular weight is 481 g/mol.